The average molecular weight is 384 g/mol. The maximum absolute atomic E-state index is 12.1. The summed E-state index contributed by atoms with van der Waals surface area (Å²) in [6.45, 7) is 15.2. The zero-order valence-corrected chi connectivity index (χ0v) is 18.5. The molecule has 2 atom stereocenters. The average Bonchev–Trinajstić information content (AvgIpc) is 2.48. The van der Waals surface area contributed by atoms with Crippen molar-refractivity contribution in [1.82, 2.24) is 0 Å². The molecule has 0 spiro atoms. The molecule has 0 aromatic carbocycles. The first kappa shape index (κ1) is 24.0. The van der Waals surface area contributed by atoms with Gasteiger partial charge in [0.1, 0.15) is 0 Å². The number of hydrogen-bond acceptors (Lipinski definition) is 5. The lowest BCUT2D eigenvalue weighted by Crippen LogP contribution is -2.47. The highest BCUT2D eigenvalue weighted by molar-refractivity contribution is 8.00. The van der Waals surface area contributed by atoms with Crippen molar-refractivity contribution in [1.29, 1.82) is 5.26 Å². The number of rotatable bonds is 10. The molecule has 0 bridgehead atoms. The first-order valence-corrected chi connectivity index (χ1v) is 12.7. The molecule has 0 rings (SSSR count). The molecule has 0 aromatic heterocycles. The summed E-state index contributed by atoms with van der Waals surface area (Å²) in [6.07, 6.45) is 7.00. The first-order valence-electron chi connectivity index (χ1n) is 8.77. The minimum atomic E-state index is -2.03. The smallest absolute Gasteiger partial charge is 0.308 e. The Morgan fingerprint density at radius 3 is 2.40 bits per heavy atom. The van der Waals surface area contributed by atoms with Gasteiger partial charge in [0.2, 0.25) is 0 Å². The van der Waals surface area contributed by atoms with E-state index in [0.29, 0.717) is 6.61 Å². The first-order chi connectivity index (χ1) is 11.6. The van der Waals surface area contributed by atoms with Gasteiger partial charge in [0, 0.05) is 11.3 Å². The third-order valence-corrected chi connectivity index (χ3v) is 9.92. The molecule has 0 amide bonds. The van der Waals surface area contributed by atoms with Crippen LogP contribution < -0.4 is 0 Å². The van der Waals surface area contributed by atoms with Gasteiger partial charge in [-0.2, -0.15) is 17.0 Å². The molecule has 0 saturated carbocycles. The molecular weight excluding hydrogens is 350 g/mol. The van der Waals surface area contributed by atoms with Crippen LogP contribution in [0.15, 0.2) is 24.3 Å². The van der Waals surface area contributed by atoms with Crippen molar-refractivity contribution in [3.63, 3.8) is 0 Å². The monoisotopic (exact) mass is 383 g/mol. The molecule has 0 aliphatic carbocycles. The highest BCUT2D eigenvalue weighted by atomic mass is 32.2. The van der Waals surface area contributed by atoms with Crippen LogP contribution in [-0.4, -0.2) is 38.0 Å². The van der Waals surface area contributed by atoms with Gasteiger partial charge < -0.3 is 9.16 Å². The third kappa shape index (κ3) is 9.29. The van der Waals surface area contributed by atoms with Gasteiger partial charge in [-0.3, -0.25) is 4.79 Å². The summed E-state index contributed by atoms with van der Waals surface area (Å²) in [5.41, 5.74) is 0. The second kappa shape index (κ2) is 11.6. The Labute approximate surface area is 158 Å². The van der Waals surface area contributed by atoms with Crippen LogP contribution in [0, 0.1) is 11.3 Å². The molecule has 4 nitrogen and oxygen atoms in total. The molecule has 0 fully saturated rings. The second-order valence-corrected chi connectivity index (χ2v) is 13.4. The van der Waals surface area contributed by atoms with Gasteiger partial charge in [-0.1, -0.05) is 45.9 Å². The van der Waals surface area contributed by atoms with E-state index in [4.69, 9.17) is 14.4 Å². The van der Waals surface area contributed by atoms with E-state index in [2.05, 4.69) is 40.8 Å². The number of nitriles is 1. The Morgan fingerprint density at radius 1 is 1.28 bits per heavy atom. The van der Waals surface area contributed by atoms with E-state index >= 15 is 0 Å². The fourth-order valence-corrected chi connectivity index (χ4v) is 4.31. The van der Waals surface area contributed by atoms with Crippen molar-refractivity contribution in [3.8, 4) is 6.07 Å². The summed E-state index contributed by atoms with van der Waals surface area (Å²) >= 11 is 1.74. The normalized spacial score (nSPS) is 15.3. The molecule has 0 aliphatic heterocycles. The van der Waals surface area contributed by atoms with E-state index in [-0.39, 0.29) is 28.8 Å². The molecule has 0 aliphatic rings. The lowest BCUT2D eigenvalue weighted by Gasteiger charge is -2.40. The van der Waals surface area contributed by atoms with Crippen molar-refractivity contribution in [2.45, 2.75) is 70.5 Å². The number of carbonyl (C=O) groups excluding carboxylic acids is 1. The Morgan fingerprint density at radius 2 is 1.92 bits per heavy atom. The third-order valence-electron chi connectivity index (χ3n) is 4.23. The SMILES string of the molecule is CCOC(=O)C[C@@H](O[Si](C)(C)C(C)(C)C)C(/C=C\C=C\C#N)SCC. The molecule has 25 heavy (non-hydrogen) atoms. The van der Waals surface area contributed by atoms with Crippen molar-refractivity contribution < 1.29 is 14.0 Å². The Hall–Kier alpha value is -1.03. The quantitative estimate of drug-likeness (QED) is 0.228. The Bertz CT molecular complexity index is 504. The molecular formula is C19H33NO3SSi. The maximum Gasteiger partial charge on any atom is 0.308 e. The van der Waals surface area contributed by atoms with Gasteiger partial charge in [-0.25, -0.2) is 0 Å². The van der Waals surface area contributed by atoms with E-state index in [1.165, 1.54) is 6.08 Å². The van der Waals surface area contributed by atoms with E-state index in [0.717, 1.165) is 5.75 Å². The molecule has 0 saturated heterocycles. The van der Waals surface area contributed by atoms with Gasteiger partial charge >= 0.3 is 5.97 Å². The van der Waals surface area contributed by atoms with Crippen LogP contribution in [0.3, 0.4) is 0 Å². The van der Waals surface area contributed by atoms with Crippen molar-refractivity contribution in [2.24, 2.45) is 0 Å². The lowest BCUT2D eigenvalue weighted by atomic mass is 10.1. The summed E-state index contributed by atoms with van der Waals surface area (Å²) in [6, 6.07) is 1.97. The molecule has 142 valence electrons. The van der Waals surface area contributed by atoms with Crippen LogP contribution in [0.5, 0.6) is 0 Å². The number of carbonyl (C=O) groups is 1. The van der Waals surface area contributed by atoms with Gasteiger partial charge in [0.05, 0.1) is 25.2 Å². The minimum absolute atomic E-state index is 0.0341. The highest BCUT2D eigenvalue weighted by Gasteiger charge is 2.41. The molecule has 0 heterocycles. The van der Waals surface area contributed by atoms with Crippen LogP contribution in [0.4, 0.5) is 0 Å². The van der Waals surface area contributed by atoms with E-state index in [1.54, 1.807) is 17.8 Å². The largest absolute Gasteiger partial charge is 0.466 e. The van der Waals surface area contributed by atoms with Gasteiger partial charge in [0.25, 0.3) is 0 Å². The predicted octanol–water partition coefficient (Wildman–Crippen LogP) is 5.09. The number of nitrogens with zero attached hydrogens (tertiary/aromatic N) is 1. The molecule has 0 aromatic rings. The lowest BCUT2D eigenvalue weighted by molar-refractivity contribution is -0.145. The van der Waals surface area contributed by atoms with Crippen LogP contribution in [0.1, 0.15) is 41.0 Å². The molecule has 6 heteroatoms. The summed E-state index contributed by atoms with van der Waals surface area (Å²) in [5.74, 6) is 0.686. The molecule has 0 radical (unpaired) electrons. The van der Waals surface area contributed by atoms with Crippen molar-refractivity contribution in [2.75, 3.05) is 12.4 Å². The van der Waals surface area contributed by atoms with E-state index < -0.39 is 8.32 Å². The van der Waals surface area contributed by atoms with Gasteiger partial charge in [0.15, 0.2) is 8.32 Å². The number of hydrogen-bond donors (Lipinski definition) is 0. The van der Waals surface area contributed by atoms with Gasteiger partial charge in [-0.05, 0) is 30.8 Å². The van der Waals surface area contributed by atoms with Crippen LogP contribution >= 0.6 is 11.8 Å². The fourth-order valence-electron chi connectivity index (χ4n) is 1.92. The number of esters is 1. The van der Waals surface area contributed by atoms with Crippen LogP contribution in [0.25, 0.3) is 0 Å². The summed E-state index contributed by atoms with van der Waals surface area (Å²) < 4.78 is 11.7. The summed E-state index contributed by atoms with van der Waals surface area (Å²) in [5, 5.41) is 8.70. The standard InChI is InChI=1S/C19H33NO3SSi/c1-8-22-18(21)15-16(23-25(6,7)19(3,4)5)17(24-9-2)13-11-10-12-14-20/h10-13,16-17H,8-9,15H2,1-7H3/b12-10+,13-11-/t16-,17?/m1/s1. The molecule has 0 N–H and O–H groups in total. The Balaban J connectivity index is 5.49. The molecule has 1 unspecified atom stereocenters. The van der Waals surface area contributed by atoms with E-state index in [1.807, 2.05) is 25.1 Å². The van der Waals surface area contributed by atoms with Crippen LogP contribution in [-0.2, 0) is 14.0 Å². The Kier molecular flexibility index (Phi) is 11.1. The van der Waals surface area contributed by atoms with Crippen molar-refractivity contribution in [3.05, 3.63) is 24.3 Å². The minimum Gasteiger partial charge on any atom is -0.466 e. The topological polar surface area (TPSA) is 59.3 Å². The second-order valence-electron chi connectivity index (χ2n) is 7.22. The van der Waals surface area contributed by atoms with Crippen LogP contribution in [0.2, 0.25) is 18.1 Å². The number of thioether (sulfide) groups is 1. The predicted molar refractivity (Wildman–Crippen MR) is 109 cm³/mol. The maximum atomic E-state index is 12.1. The van der Waals surface area contributed by atoms with E-state index in [9.17, 15) is 4.79 Å². The summed E-state index contributed by atoms with van der Waals surface area (Å²) in [4.78, 5) is 12.1. The van der Waals surface area contributed by atoms with Crippen molar-refractivity contribution >= 4 is 26.0 Å². The zero-order valence-electron chi connectivity index (χ0n) is 16.7. The highest BCUT2D eigenvalue weighted by Crippen LogP contribution is 2.39. The zero-order chi connectivity index (χ0) is 19.5. The fraction of sp³-hybridized carbons (Fsp3) is 0.684. The number of ether oxygens (including phenoxy) is 1. The van der Waals surface area contributed by atoms with Gasteiger partial charge in [-0.15, -0.1) is 0 Å². The number of allylic oxidation sites excluding steroid dienone is 3. The summed E-state index contributed by atoms with van der Waals surface area (Å²) in [7, 11) is -2.03.